The molecule has 3 rings (SSSR count). The van der Waals surface area contributed by atoms with Gasteiger partial charge in [0.1, 0.15) is 0 Å². The standard InChI is InChI=1S/C14H11Cl2NO2/c15-10-2-1-3-11(14(10)16)17-7-9-4-5-12-13(6-9)19-8-18-12/h1-6,17H,7-8H2. The molecule has 19 heavy (non-hydrogen) atoms. The highest BCUT2D eigenvalue weighted by Gasteiger charge is 2.13. The molecule has 0 atom stereocenters. The van der Waals surface area contributed by atoms with Crippen molar-refractivity contribution in [1.29, 1.82) is 0 Å². The first-order valence-electron chi connectivity index (χ1n) is 5.80. The summed E-state index contributed by atoms with van der Waals surface area (Å²) in [6, 6.07) is 11.3. The molecule has 0 amide bonds. The Morgan fingerprint density at radius 2 is 1.89 bits per heavy atom. The van der Waals surface area contributed by atoms with Crippen molar-refractivity contribution in [2.24, 2.45) is 0 Å². The molecule has 98 valence electrons. The summed E-state index contributed by atoms with van der Waals surface area (Å²) in [4.78, 5) is 0. The lowest BCUT2D eigenvalue weighted by Gasteiger charge is -2.09. The van der Waals surface area contributed by atoms with Crippen LogP contribution in [0.5, 0.6) is 11.5 Å². The lowest BCUT2D eigenvalue weighted by atomic mass is 10.2. The van der Waals surface area contributed by atoms with Crippen LogP contribution in [-0.2, 0) is 6.54 Å². The summed E-state index contributed by atoms with van der Waals surface area (Å²) >= 11 is 12.1. The lowest BCUT2D eigenvalue weighted by Crippen LogP contribution is -2.00. The van der Waals surface area contributed by atoms with Crippen molar-refractivity contribution in [3.8, 4) is 11.5 Å². The zero-order chi connectivity index (χ0) is 13.2. The fourth-order valence-corrected chi connectivity index (χ4v) is 2.26. The summed E-state index contributed by atoms with van der Waals surface area (Å²) in [5.41, 5.74) is 1.90. The molecule has 1 aliphatic heterocycles. The number of rotatable bonds is 3. The van der Waals surface area contributed by atoms with E-state index in [0.717, 1.165) is 22.7 Å². The Bertz CT molecular complexity index is 616. The van der Waals surface area contributed by atoms with Gasteiger partial charge in [-0.3, -0.25) is 0 Å². The highest BCUT2D eigenvalue weighted by atomic mass is 35.5. The van der Waals surface area contributed by atoms with Crippen LogP contribution in [-0.4, -0.2) is 6.79 Å². The van der Waals surface area contributed by atoms with Crippen LogP contribution in [0.1, 0.15) is 5.56 Å². The van der Waals surface area contributed by atoms with E-state index in [0.29, 0.717) is 16.6 Å². The summed E-state index contributed by atoms with van der Waals surface area (Å²) in [7, 11) is 0. The molecule has 2 aromatic carbocycles. The van der Waals surface area contributed by atoms with Crippen molar-refractivity contribution >= 4 is 28.9 Å². The average molecular weight is 296 g/mol. The molecule has 0 fully saturated rings. The number of nitrogens with one attached hydrogen (secondary N) is 1. The number of fused-ring (bicyclic) bond motifs is 1. The van der Waals surface area contributed by atoms with Crippen molar-refractivity contribution in [1.82, 2.24) is 0 Å². The second kappa shape index (κ2) is 5.19. The van der Waals surface area contributed by atoms with Crippen LogP contribution in [0.25, 0.3) is 0 Å². The van der Waals surface area contributed by atoms with Crippen molar-refractivity contribution in [2.75, 3.05) is 12.1 Å². The molecular formula is C14H11Cl2NO2. The minimum Gasteiger partial charge on any atom is -0.454 e. The summed E-state index contributed by atoms with van der Waals surface area (Å²) in [6.07, 6.45) is 0. The van der Waals surface area contributed by atoms with E-state index in [1.54, 1.807) is 6.07 Å². The largest absolute Gasteiger partial charge is 0.454 e. The molecular weight excluding hydrogens is 285 g/mol. The summed E-state index contributed by atoms with van der Waals surface area (Å²) in [6.45, 7) is 0.920. The highest BCUT2D eigenvalue weighted by Crippen LogP contribution is 2.33. The number of hydrogen-bond acceptors (Lipinski definition) is 3. The number of benzene rings is 2. The second-order valence-electron chi connectivity index (χ2n) is 4.14. The van der Waals surface area contributed by atoms with Gasteiger partial charge in [-0.25, -0.2) is 0 Å². The molecule has 1 N–H and O–H groups in total. The first kappa shape index (κ1) is 12.5. The normalized spacial score (nSPS) is 12.5. The maximum atomic E-state index is 6.11. The smallest absolute Gasteiger partial charge is 0.231 e. The van der Waals surface area contributed by atoms with Gasteiger partial charge >= 0.3 is 0 Å². The van der Waals surface area contributed by atoms with Gasteiger partial charge in [-0.1, -0.05) is 35.3 Å². The summed E-state index contributed by atoms with van der Waals surface area (Å²) in [5, 5.41) is 4.32. The van der Waals surface area contributed by atoms with Gasteiger partial charge in [-0.2, -0.15) is 0 Å². The van der Waals surface area contributed by atoms with Gasteiger partial charge in [0.15, 0.2) is 11.5 Å². The van der Waals surface area contributed by atoms with Crippen LogP contribution in [0.15, 0.2) is 36.4 Å². The first-order valence-corrected chi connectivity index (χ1v) is 6.56. The summed E-state index contributed by atoms with van der Waals surface area (Å²) in [5.74, 6) is 1.56. The van der Waals surface area contributed by atoms with Crippen molar-refractivity contribution in [2.45, 2.75) is 6.54 Å². The van der Waals surface area contributed by atoms with Gasteiger partial charge in [0.05, 0.1) is 15.7 Å². The fourth-order valence-electron chi connectivity index (χ4n) is 1.89. The van der Waals surface area contributed by atoms with Crippen molar-refractivity contribution in [3.05, 3.63) is 52.0 Å². The third-order valence-electron chi connectivity index (χ3n) is 2.87. The first-order chi connectivity index (χ1) is 9.24. The van der Waals surface area contributed by atoms with Crippen molar-refractivity contribution in [3.63, 3.8) is 0 Å². The Labute approximate surface area is 121 Å². The molecule has 0 aromatic heterocycles. The molecule has 0 spiro atoms. The van der Waals surface area contributed by atoms with E-state index >= 15 is 0 Å². The van der Waals surface area contributed by atoms with E-state index in [9.17, 15) is 0 Å². The predicted molar refractivity (Wildman–Crippen MR) is 76.4 cm³/mol. The average Bonchev–Trinajstić information content (AvgIpc) is 2.88. The molecule has 1 heterocycles. The van der Waals surface area contributed by atoms with E-state index in [-0.39, 0.29) is 6.79 Å². The molecule has 3 nitrogen and oxygen atoms in total. The molecule has 0 radical (unpaired) electrons. The van der Waals surface area contributed by atoms with Gasteiger partial charge in [-0.05, 0) is 29.8 Å². The quantitative estimate of drug-likeness (QED) is 0.914. The van der Waals surface area contributed by atoms with Crippen LogP contribution >= 0.6 is 23.2 Å². The Kier molecular flexibility index (Phi) is 3.40. The molecule has 0 saturated carbocycles. The molecule has 0 bridgehead atoms. The number of ether oxygens (including phenoxy) is 2. The fraction of sp³-hybridized carbons (Fsp3) is 0.143. The molecule has 0 unspecified atom stereocenters. The number of anilines is 1. The molecule has 1 aliphatic rings. The van der Waals surface area contributed by atoms with Crippen molar-refractivity contribution < 1.29 is 9.47 Å². The number of halogens is 2. The number of hydrogen-bond donors (Lipinski definition) is 1. The van der Waals surface area contributed by atoms with Gasteiger partial charge < -0.3 is 14.8 Å². The Hall–Kier alpha value is -1.58. The zero-order valence-electron chi connectivity index (χ0n) is 9.95. The van der Waals surface area contributed by atoms with Crippen LogP contribution < -0.4 is 14.8 Å². The Balaban J connectivity index is 1.74. The van der Waals surface area contributed by atoms with Crippen LogP contribution in [0.2, 0.25) is 10.0 Å². The minimum atomic E-state index is 0.284. The third kappa shape index (κ3) is 2.57. The molecule has 2 aromatic rings. The Morgan fingerprint density at radius 3 is 2.79 bits per heavy atom. The van der Waals surface area contributed by atoms with Gasteiger partial charge in [0, 0.05) is 6.54 Å². The topological polar surface area (TPSA) is 30.5 Å². The predicted octanol–water partition coefficient (Wildman–Crippen LogP) is 4.33. The maximum absolute atomic E-state index is 6.11. The second-order valence-corrected chi connectivity index (χ2v) is 4.93. The lowest BCUT2D eigenvalue weighted by molar-refractivity contribution is 0.174. The van der Waals surface area contributed by atoms with E-state index in [1.807, 2.05) is 30.3 Å². The van der Waals surface area contributed by atoms with Crippen LogP contribution in [0.3, 0.4) is 0 Å². The van der Waals surface area contributed by atoms with E-state index in [2.05, 4.69) is 5.32 Å². The molecule has 0 saturated heterocycles. The van der Waals surface area contributed by atoms with Gasteiger partial charge in [0.25, 0.3) is 0 Å². The SMILES string of the molecule is Clc1cccc(NCc2ccc3c(c2)OCO3)c1Cl. The molecule has 0 aliphatic carbocycles. The maximum Gasteiger partial charge on any atom is 0.231 e. The van der Waals surface area contributed by atoms with Gasteiger partial charge in [-0.15, -0.1) is 0 Å². The van der Waals surface area contributed by atoms with E-state index in [1.165, 1.54) is 0 Å². The zero-order valence-corrected chi connectivity index (χ0v) is 11.5. The minimum absolute atomic E-state index is 0.284. The molecule has 5 heteroatoms. The van der Waals surface area contributed by atoms with Gasteiger partial charge in [0.2, 0.25) is 6.79 Å². The Morgan fingerprint density at radius 1 is 1.05 bits per heavy atom. The van der Waals surface area contributed by atoms with Crippen LogP contribution in [0.4, 0.5) is 5.69 Å². The van der Waals surface area contributed by atoms with Crippen LogP contribution in [0, 0.1) is 0 Å². The third-order valence-corrected chi connectivity index (χ3v) is 3.69. The van der Waals surface area contributed by atoms with E-state index < -0.39 is 0 Å². The highest BCUT2D eigenvalue weighted by molar-refractivity contribution is 6.43. The summed E-state index contributed by atoms with van der Waals surface area (Å²) < 4.78 is 10.6. The van der Waals surface area contributed by atoms with E-state index in [4.69, 9.17) is 32.7 Å². The monoisotopic (exact) mass is 295 g/mol.